The van der Waals surface area contributed by atoms with Crippen molar-refractivity contribution < 1.29 is 0 Å². The lowest BCUT2D eigenvalue weighted by Gasteiger charge is -2.34. The smallest absolute Gasteiger partial charge is 0.109 e. The van der Waals surface area contributed by atoms with Gasteiger partial charge in [-0.25, -0.2) is 0 Å². The lowest BCUT2D eigenvalue weighted by molar-refractivity contribution is 0.313. The summed E-state index contributed by atoms with van der Waals surface area (Å²) in [6.07, 6.45) is 5.68. The van der Waals surface area contributed by atoms with Gasteiger partial charge < -0.3 is 14.7 Å². The van der Waals surface area contributed by atoms with Gasteiger partial charge >= 0.3 is 0 Å². The maximum absolute atomic E-state index is 9.76. The molecule has 2 aliphatic rings. The summed E-state index contributed by atoms with van der Waals surface area (Å²) in [5.41, 5.74) is 3.98. The van der Waals surface area contributed by atoms with Gasteiger partial charge in [-0.1, -0.05) is 0 Å². The highest BCUT2D eigenvalue weighted by molar-refractivity contribution is 8.02. The van der Waals surface area contributed by atoms with Gasteiger partial charge in [-0.2, -0.15) is 5.26 Å². The van der Waals surface area contributed by atoms with Gasteiger partial charge in [0.05, 0.1) is 11.3 Å². The van der Waals surface area contributed by atoms with Crippen molar-refractivity contribution >= 4 is 23.1 Å². The zero-order valence-corrected chi connectivity index (χ0v) is 15.6. The minimum Gasteiger partial charge on any atom is -0.369 e. The number of likely N-dealkylation sites (N-methyl/N-ethyl adjacent to an activating group) is 1. The highest BCUT2D eigenvalue weighted by Crippen LogP contribution is 2.43. The lowest BCUT2D eigenvalue weighted by Crippen LogP contribution is -2.44. The summed E-state index contributed by atoms with van der Waals surface area (Å²) in [6, 6.07) is 12.7. The van der Waals surface area contributed by atoms with Crippen molar-refractivity contribution in [3.63, 3.8) is 0 Å². The van der Waals surface area contributed by atoms with Crippen molar-refractivity contribution in [2.75, 3.05) is 43.0 Å². The summed E-state index contributed by atoms with van der Waals surface area (Å²) in [5, 5.41) is 12.0. The molecule has 1 aromatic heterocycles. The number of hydrogen-bond donors (Lipinski definition) is 0. The van der Waals surface area contributed by atoms with E-state index in [1.807, 2.05) is 30.6 Å². The molecule has 0 saturated carbocycles. The molecular weight excluding hydrogens is 342 g/mol. The molecule has 0 radical (unpaired) electrons. The first kappa shape index (κ1) is 17.0. The Labute approximate surface area is 158 Å². The van der Waals surface area contributed by atoms with Gasteiger partial charge in [0.25, 0.3) is 0 Å². The summed E-state index contributed by atoms with van der Waals surface area (Å²) < 4.78 is 0. The number of thioether (sulfide) groups is 1. The predicted octanol–water partition coefficient (Wildman–Crippen LogP) is 3.43. The standard InChI is InChI=1S/C20H21N5S/c1-23-8-10-24(11-9-23)18-2-3-19(17(14-18)15-21)25-12-13-26-20(25)16-4-6-22-7-5-16/h2-7,12-14,20H,8-11H2,1H3. The fourth-order valence-corrected chi connectivity index (χ4v) is 4.37. The second kappa shape index (κ2) is 7.40. The van der Waals surface area contributed by atoms with Crippen molar-refractivity contribution in [1.29, 1.82) is 5.26 Å². The van der Waals surface area contributed by atoms with E-state index in [-0.39, 0.29) is 5.37 Å². The van der Waals surface area contributed by atoms with E-state index >= 15 is 0 Å². The Kier molecular flexibility index (Phi) is 4.83. The van der Waals surface area contributed by atoms with Crippen molar-refractivity contribution in [3.8, 4) is 6.07 Å². The van der Waals surface area contributed by atoms with Crippen LogP contribution in [-0.4, -0.2) is 43.1 Å². The number of nitrogens with zero attached hydrogens (tertiary/aromatic N) is 5. The van der Waals surface area contributed by atoms with Crippen molar-refractivity contribution in [2.45, 2.75) is 5.37 Å². The Bertz CT molecular complexity index is 837. The Morgan fingerprint density at radius 2 is 1.88 bits per heavy atom. The summed E-state index contributed by atoms with van der Waals surface area (Å²) in [7, 11) is 2.15. The van der Waals surface area contributed by atoms with Gasteiger partial charge in [-0.05, 0) is 48.4 Å². The second-order valence-corrected chi connectivity index (χ2v) is 7.56. The molecule has 132 valence electrons. The molecule has 1 saturated heterocycles. The molecule has 0 aliphatic carbocycles. The van der Waals surface area contributed by atoms with Gasteiger partial charge in [0, 0.05) is 50.5 Å². The first-order valence-corrected chi connectivity index (χ1v) is 9.68. The number of anilines is 2. The molecule has 4 rings (SSSR count). The van der Waals surface area contributed by atoms with Gasteiger partial charge in [0.1, 0.15) is 11.4 Å². The maximum atomic E-state index is 9.76. The third kappa shape index (κ3) is 3.28. The SMILES string of the molecule is CN1CCN(c2ccc(N3C=CSC3c3ccncc3)c(C#N)c2)CC1. The number of benzene rings is 1. The average molecular weight is 363 g/mol. The van der Waals surface area contributed by atoms with Crippen LogP contribution in [0.15, 0.2) is 54.3 Å². The Morgan fingerprint density at radius 3 is 2.62 bits per heavy atom. The van der Waals surface area contributed by atoms with E-state index in [1.165, 1.54) is 5.56 Å². The predicted molar refractivity (Wildman–Crippen MR) is 107 cm³/mol. The minimum absolute atomic E-state index is 0.139. The van der Waals surface area contributed by atoms with E-state index in [0.717, 1.165) is 37.6 Å². The van der Waals surface area contributed by atoms with Crippen molar-refractivity contribution in [3.05, 3.63) is 65.5 Å². The van der Waals surface area contributed by atoms with E-state index in [9.17, 15) is 5.26 Å². The van der Waals surface area contributed by atoms with Crippen LogP contribution in [0.25, 0.3) is 0 Å². The van der Waals surface area contributed by atoms with Crippen LogP contribution < -0.4 is 9.80 Å². The molecular formula is C20H21N5S. The van der Waals surface area contributed by atoms with Gasteiger partial charge in [-0.15, -0.1) is 11.8 Å². The van der Waals surface area contributed by atoms with Crippen LogP contribution in [0.3, 0.4) is 0 Å². The second-order valence-electron chi connectivity index (χ2n) is 6.56. The number of pyridine rings is 1. The van der Waals surface area contributed by atoms with Gasteiger partial charge in [0.2, 0.25) is 0 Å². The molecule has 5 nitrogen and oxygen atoms in total. The zero-order valence-electron chi connectivity index (χ0n) is 14.7. The molecule has 6 heteroatoms. The first-order chi connectivity index (χ1) is 12.8. The molecule has 2 aliphatic heterocycles. The number of hydrogen-bond acceptors (Lipinski definition) is 6. The number of piperazine rings is 1. The van der Waals surface area contributed by atoms with Crippen LogP contribution in [0.4, 0.5) is 11.4 Å². The third-order valence-corrected chi connectivity index (χ3v) is 5.96. The summed E-state index contributed by atoms with van der Waals surface area (Å²) >= 11 is 1.74. The normalized spacial score (nSPS) is 20.4. The highest BCUT2D eigenvalue weighted by atomic mass is 32.2. The molecule has 1 fully saturated rings. The van der Waals surface area contributed by atoms with Crippen LogP contribution in [0.2, 0.25) is 0 Å². The summed E-state index contributed by atoms with van der Waals surface area (Å²) in [5.74, 6) is 0. The van der Waals surface area contributed by atoms with E-state index in [1.54, 1.807) is 11.8 Å². The molecule has 2 aromatic rings. The molecule has 1 unspecified atom stereocenters. The molecule has 1 aromatic carbocycles. The quantitative estimate of drug-likeness (QED) is 0.833. The van der Waals surface area contributed by atoms with E-state index < -0.39 is 0 Å². The first-order valence-electron chi connectivity index (χ1n) is 8.74. The van der Waals surface area contributed by atoms with Crippen LogP contribution in [-0.2, 0) is 0 Å². The molecule has 0 spiro atoms. The minimum atomic E-state index is 0.139. The maximum Gasteiger partial charge on any atom is 0.109 e. The Hall–Kier alpha value is -2.49. The largest absolute Gasteiger partial charge is 0.369 e. The Balaban J connectivity index is 1.62. The van der Waals surface area contributed by atoms with Crippen LogP contribution in [0.1, 0.15) is 16.5 Å². The van der Waals surface area contributed by atoms with Crippen LogP contribution in [0.5, 0.6) is 0 Å². The van der Waals surface area contributed by atoms with E-state index in [0.29, 0.717) is 5.56 Å². The number of nitriles is 1. The third-order valence-electron chi connectivity index (χ3n) is 4.92. The Morgan fingerprint density at radius 1 is 1.12 bits per heavy atom. The van der Waals surface area contributed by atoms with Gasteiger partial charge in [0.15, 0.2) is 0 Å². The lowest BCUT2D eigenvalue weighted by atomic mass is 10.1. The molecule has 1 atom stereocenters. The number of aromatic nitrogens is 1. The van der Waals surface area contributed by atoms with Gasteiger partial charge in [-0.3, -0.25) is 4.98 Å². The summed E-state index contributed by atoms with van der Waals surface area (Å²) in [6.45, 7) is 4.11. The average Bonchev–Trinajstić information content (AvgIpc) is 3.18. The molecule has 3 heterocycles. The number of rotatable bonds is 3. The van der Waals surface area contributed by atoms with Crippen molar-refractivity contribution in [2.24, 2.45) is 0 Å². The molecule has 0 bridgehead atoms. The fourth-order valence-electron chi connectivity index (χ4n) is 3.39. The van der Waals surface area contributed by atoms with Crippen molar-refractivity contribution in [1.82, 2.24) is 9.88 Å². The monoisotopic (exact) mass is 363 g/mol. The molecule has 0 amide bonds. The van der Waals surface area contributed by atoms with Crippen LogP contribution >= 0.6 is 11.8 Å². The zero-order chi connectivity index (χ0) is 17.9. The summed E-state index contributed by atoms with van der Waals surface area (Å²) in [4.78, 5) is 11.0. The molecule has 26 heavy (non-hydrogen) atoms. The van der Waals surface area contributed by atoms with E-state index in [4.69, 9.17) is 0 Å². The van der Waals surface area contributed by atoms with Crippen LogP contribution in [0, 0.1) is 11.3 Å². The highest BCUT2D eigenvalue weighted by Gasteiger charge is 2.26. The van der Waals surface area contributed by atoms with E-state index in [2.05, 4.69) is 56.5 Å². The molecule has 0 N–H and O–H groups in total. The fraction of sp³-hybridized carbons (Fsp3) is 0.300. The topological polar surface area (TPSA) is 46.4 Å².